The van der Waals surface area contributed by atoms with Crippen LogP contribution in [0.15, 0.2) is 0 Å². The SMILES string of the molecule is CCCC(=O)OCCC(=O)N(C)CC. The van der Waals surface area contributed by atoms with Crippen molar-refractivity contribution >= 4 is 11.9 Å². The Morgan fingerprint density at radius 1 is 1.21 bits per heavy atom. The van der Waals surface area contributed by atoms with Crippen LogP contribution in [-0.4, -0.2) is 37.0 Å². The first-order chi connectivity index (χ1) is 6.61. The second-order valence-electron chi connectivity index (χ2n) is 3.13. The topological polar surface area (TPSA) is 46.6 Å². The minimum absolute atomic E-state index is 0.0109. The van der Waals surface area contributed by atoms with Gasteiger partial charge in [0.25, 0.3) is 0 Å². The molecule has 0 aliphatic rings. The molecule has 1 amide bonds. The van der Waals surface area contributed by atoms with Gasteiger partial charge in [0.1, 0.15) is 6.61 Å². The van der Waals surface area contributed by atoms with Gasteiger partial charge < -0.3 is 9.64 Å². The molecule has 0 fully saturated rings. The number of carbonyl (C=O) groups is 2. The van der Waals surface area contributed by atoms with Crippen molar-refractivity contribution in [1.29, 1.82) is 0 Å². The van der Waals surface area contributed by atoms with E-state index in [0.29, 0.717) is 13.0 Å². The number of hydrogen-bond acceptors (Lipinski definition) is 3. The zero-order valence-corrected chi connectivity index (χ0v) is 9.21. The molecule has 4 heteroatoms. The highest BCUT2D eigenvalue weighted by Gasteiger charge is 2.07. The quantitative estimate of drug-likeness (QED) is 0.607. The van der Waals surface area contributed by atoms with Crippen LogP contribution in [0.25, 0.3) is 0 Å². The normalized spacial score (nSPS) is 9.64. The fourth-order valence-electron chi connectivity index (χ4n) is 0.896. The maximum absolute atomic E-state index is 11.2. The summed E-state index contributed by atoms with van der Waals surface area (Å²) in [5.41, 5.74) is 0. The van der Waals surface area contributed by atoms with Crippen molar-refractivity contribution in [2.24, 2.45) is 0 Å². The molecule has 0 heterocycles. The van der Waals surface area contributed by atoms with Gasteiger partial charge in [-0.3, -0.25) is 9.59 Å². The molecule has 0 atom stereocenters. The van der Waals surface area contributed by atoms with E-state index in [-0.39, 0.29) is 24.9 Å². The molecule has 0 spiro atoms. The number of nitrogens with zero attached hydrogens (tertiary/aromatic N) is 1. The van der Waals surface area contributed by atoms with E-state index in [1.54, 1.807) is 11.9 Å². The van der Waals surface area contributed by atoms with Crippen molar-refractivity contribution in [2.45, 2.75) is 33.1 Å². The van der Waals surface area contributed by atoms with Crippen LogP contribution in [0.5, 0.6) is 0 Å². The summed E-state index contributed by atoms with van der Waals surface area (Å²) in [4.78, 5) is 23.8. The molecule has 0 saturated heterocycles. The van der Waals surface area contributed by atoms with Crippen LogP contribution in [0.1, 0.15) is 33.1 Å². The van der Waals surface area contributed by atoms with Gasteiger partial charge in [-0.2, -0.15) is 0 Å². The van der Waals surface area contributed by atoms with Gasteiger partial charge in [0, 0.05) is 20.0 Å². The van der Waals surface area contributed by atoms with Crippen LogP contribution in [0.4, 0.5) is 0 Å². The Hall–Kier alpha value is -1.06. The first-order valence-electron chi connectivity index (χ1n) is 5.01. The molecule has 14 heavy (non-hydrogen) atoms. The monoisotopic (exact) mass is 201 g/mol. The molecular formula is C10H19NO3. The number of amides is 1. The van der Waals surface area contributed by atoms with Crippen LogP contribution < -0.4 is 0 Å². The molecule has 82 valence electrons. The van der Waals surface area contributed by atoms with E-state index in [0.717, 1.165) is 6.42 Å². The van der Waals surface area contributed by atoms with Gasteiger partial charge in [-0.1, -0.05) is 6.92 Å². The first kappa shape index (κ1) is 12.9. The fourth-order valence-corrected chi connectivity index (χ4v) is 0.896. The molecule has 0 aromatic heterocycles. The van der Waals surface area contributed by atoms with Crippen LogP contribution in [0.2, 0.25) is 0 Å². The first-order valence-corrected chi connectivity index (χ1v) is 5.01. The molecule has 0 bridgehead atoms. The van der Waals surface area contributed by atoms with E-state index in [1.165, 1.54) is 0 Å². The Morgan fingerprint density at radius 3 is 2.36 bits per heavy atom. The lowest BCUT2D eigenvalue weighted by atomic mass is 10.3. The third-order valence-corrected chi connectivity index (χ3v) is 1.93. The number of ether oxygens (including phenoxy) is 1. The van der Waals surface area contributed by atoms with E-state index in [2.05, 4.69) is 0 Å². The Balaban J connectivity index is 3.54. The summed E-state index contributed by atoms with van der Waals surface area (Å²) < 4.78 is 4.86. The smallest absolute Gasteiger partial charge is 0.305 e. The molecule has 0 N–H and O–H groups in total. The molecule has 0 unspecified atom stereocenters. The van der Waals surface area contributed by atoms with Gasteiger partial charge in [-0.05, 0) is 13.3 Å². The second-order valence-corrected chi connectivity index (χ2v) is 3.13. The average Bonchev–Trinajstić information content (AvgIpc) is 2.16. The summed E-state index contributed by atoms with van der Waals surface area (Å²) in [6, 6.07) is 0. The summed E-state index contributed by atoms with van der Waals surface area (Å²) in [7, 11) is 1.73. The molecule has 0 saturated carbocycles. The Morgan fingerprint density at radius 2 is 1.86 bits per heavy atom. The standard InChI is InChI=1S/C10H19NO3/c1-4-6-10(13)14-8-7-9(12)11(3)5-2/h4-8H2,1-3H3. The largest absolute Gasteiger partial charge is 0.465 e. The fraction of sp³-hybridized carbons (Fsp3) is 0.800. The van der Waals surface area contributed by atoms with Gasteiger partial charge in [-0.15, -0.1) is 0 Å². The summed E-state index contributed by atoms with van der Waals surface area (Å²) in [5.74, 6) is -0.212. The summed E-state index contributed by atoms with van der Waals surface area (Å²) in [6.45, 7) is 4.70. The van der Waals surface area contributed by atoms with Gasteiger partial charge in [-0.25, -0.2) is 0 Å². The van der Waals surface area contributed by atoms with E-state index in [1.807, 2.05) is 13.8 Å². The maximum Gasteiger partial charge on any atom is 0.305 e. The lowest BCUT2D eigenvalue weighted by Gasteiger charge is -2.13. The highest BCUT2D eigenvalue weighted by Crippen LogP contribution is 1.95. The van der Waals surface area contributed by atoms with Crippen molar-refractivity contribution < 1.29 is 14.3 Å². The predicted molar refractivity (Wildman–Crippen MR) is 53.8 cm³/mol. The van der Waals surface area contributed by atoms with Crippen molar-refractivity contribution in [2.75, 3.05) is 20.2 Å². The highest BCUT2D eigenvalue weighted by atomic mass is 16.5. The zero-order chi connectivity index (χ0) is 11.0. The number of rotatable bonds is 6. The molecule has 0 aliphatic carbocycles. The van der Waals surface area contributed by atoms with E-state index in [4.69, 9.17) is 4.74 Å². The van der Waals surface area contributed by atoms with Gasteiger partial charge in [0.05, 0.1) is 6.42 Å². The van der Waals surface area contributed by atoms with Crippen molar-refractivity contribution in [3.63, 3.8) is 0 Å². The van der Waals surface area contributed by atoms with Crippen molar-refractivity contribution in [1.82, 2.24) is 4.90 Å². The summed E-state index contributed by atoms with van der Waals surface area (Å²) in [6.07, 6.45) is 1.49. The van der Waals surface area contributed by atoms with E-state index >= 15 is 0 Å². The lowest BCUT2D eigenvalue weighted by Crippen LogP contribution is -2.27. The van der Waals surface area contributed by atoms with Crippen LogP contribution in [-0.2, 0) is 14.3 Å². The van der Waals surface area contributed by atoms with Crippen molar-refractivity contribution in [3.05, 3.63) is 0 Å². The van der Waals surface area contributed by atoms with E-state index in [9.17, 15) is 9.59 Å². The number of hydrogen-bond donors (Lipinski definition) is 0. The van der Waals surface area contributed by atoms with Gasteiger partial charge in [0.15, 0.2) is 0 Å². The third kappa shape index (κ3) is 5.56. The average molecular weight is 201 g/mol. The van der Waals surface area contributed by atoms with Crippen molar-refractivity contribution in [3.8, 4) is 0 Å². The second kappa shape index (κ2) is 7.35. The summed E-state index contributed by atoms with van der Waals surface area (Å²) in [5, 5.41) is 0. The molecule has 4 nitrogen and oxygen atoms in total. The van der Waals surface area contributed by atoms with Gasteiger partial charge in [0.2, 0.25) is 5.91 Å². The van der Waals surface area contributed by atoms with Crippen LogP contribution in [0.3, 0.4) is 0 Å². The molecule has 0 aromatic carbocycles. The maximum atomic E-state index is 11.2. The van der Waals surface area contributed by atoms with Crippen LogP contribution >= 0.6 is 0 Å². The summed E-state index contributed by atoms with van der Waals surface area (Å²) >= 11 is 0. The number of carbonyl (C=O) groups excluding carboxylic acids is 2. The molecule has 0 rings (SSSR count). The molecular weight excluding hydrogens is 182 g/mol. The third-order valence-electron chi connectivity index (χ3n) is 1.93. The Kier molecular flexibility index (Phi) is 6.80. The van der Waals surface area contributed by atoms with Crippen LogP contribution in [0, 0.1) is 0 Å². The minimum atomic E-state index is -0.223. The number of esters is 1. The van der Waals surface area contributed by atoms with E-state index < -0.39 is 0 Å². The minimum Gasteiger partial charge on any atom is -0.465 e. The van der Waals surface area contributed by atoms with Gasteiger partial charge >= 0.3 is 5.97 Å². The lowest BCUT2D eigenvalue weighted by molar-refractivity contribution is -0.145. The Labute approximate surface area is 85.2 Å². The molecule has 0 radical (unpaired) electrons. The molecule has 0 aromatic rings. The molecule has 0 aliphatic heterocycles. The Bertz CT molecular complexity index is 192. The zero-order valence-electron chi connectivity index (χ0n) is 9.21. The highest BCUT2D eigenvalue weighted by molar-refractivity contribution is 5.76. The predicted octanol–water partition coefficient (Wildman–Crippen LogP) is 1.20.